The molecule has 7 heteroatoms. The van der Waals surface area contributed by atoms with Gasteiger partial charge in [-0.25, -0.2) is 4.79 Å². The van der Waals surface area contributed by atoms with Crippen molar-refractivity contribution in [2.45, 2.75) is 44.7 Å². The van der Waals surface area contributed by atoms with E-state index in [1.165, 1.54) is 4.90 Å². The summed E-state index contributed by atoms with van der Waals surface area (Å²) in [6, 6.07) is 8.13. The summed E-state index contributed by atoms with van der Waals surface area (Å²) in [5.41, 5.74) is 2.14. The first-order chi connectivity index (χ1) is 13.6. The smallest absolute Gasteiger partial charge is 0.319 e. The number of rotatable bonds is 4. The first-order valence-corrected chi connectivity index (χ1v) is 9.59. The summed E-state index contributed by atoms with van der Waals surface area (Å²) >= 11 is 0. The number of carbonyl (C=O) groups excluding carboxylic acids is 3. The molecule has 0 radical (unpaired) electrons. The van der Waals surface area contributed by atoms with Crippen molar-refractivity contribution >= 4 is 23.5 Å². The molecule has 2 N–H and O–H groups in total. The van der Waals surface area contributed by atoms with Crippen molar-refractivity contribution in [2.24, 2.45) is 0 Å². The summed E-state index contributed by atoms with van der Waals surface area (Å²) in [5.74, 6) is -0.481. The second kappa shape index (κ2) is 7.80. The molecular formula is C21H22N4O3. The standard InChI is InChI=1S/C21H22N4O3/c26-19-17-9-8-15(24-21(28)23-13-14-5-4-10-22-12-14)11-18(17)20(27)25(19)16-6-2-1-3-7-16/h4-5,8-12,16H,1-3,6-7,13H2,(H2,23,24,28). The maximum Gasteiger partial charge on any atom is 0.319 e. The topological polar surface area (TPSA) is 91.4 Å². The van der Waals surface area contributed by atoms with E-state index in [0.717, 1.165) is 37.7 Å². The minimum Gasteiger partial charge on any atom is -0.334 e. The maximum atomic E-state index is 12.8. The van der Waals surface area contributed by atoms with Crippen LogP contribution >= 0.6 is 0 Å². The summed E-state index contributed by atoms with van der Waals surface area (Å²) in [6.45, 7) is 0.345. The quantitative estimate of drug-likeness (QED) is 0.799. The summed E-state index contributed by atoms with van der Waals surface area (Å²) in [5, 5.41) is 5.46. The average molecular weight is 378 g/mol. The molecule has 1 fully saturated rings. The van der Waals surface area contributed by atoms with Crippen molar-refractivity contribution in [3.05, 3.63) is 59.4 Å². The van der Waals surface area contributed by atoms with Crippen LogP contribution in [-0.2, 0) is 6.54 Å². The van der Waals surface area contributed by atoms with Crippen molar-refractivity contribution in [3.63, 3.8) is 0 Å². The normalized spacial score (nSPS) is 16.8. The van der Waals surface area contributed by atoms with Gasteiger partial charge in [0.25, 0.3) is 11.8 Å². The van der Waals surface area contributed by atoms with Crippen LogP contribution in [-0.4, -0.2) is 33.8 Å². The zero-order valence-corrected chi connectivity index (χ0v) is 15.5. The molecule has 4 rings (SSSR count). The van der Waals surface area contributed by atoms with Crippen LogP contribution in [0.15, 0.2) is 42.7 Å². The molecule has 0 spiro atoms. The lowest BCUT2D eigenvalue weighted by atomic mass is 9.94. The SMILES string of the molecule is O=C(NCc1cccnc1)Nc1ccc2c(c1)C(=O)N(C1CCCCC1)C2=O. The second-order valence-electron chi connectivity index (χ2n) is 7.20. The Kier molecular flexibility index (Phi) is 5.06. The number of urea groups is 1. The predicted octanol–water partition coefficient (Wildman–Crippen LogP) is 3.33. The predicted molar refractivity (Wildman–Crippen MR) is 104 cm³/mol. The average Bonchev–Trinajstić information content (AvgIpc) is 2.98. The Balaban J connectivity index is 1.43. The Labute approximate surface area is 163 Å². The summed E-state index contributed by atoms with van der Waals surface area (Å²) < 4.78 is 0. The molecule has 2 aliphatic rings. The summed E-state index contributed by atoms with van der Waals surface area (Å²) in [4.78, 5) is 43.1. The van der Waals surface area contributed by atoms with Gasteiger partial charge in [-0.05, 0) is 42.7 Å². The van der Waals surface area contributed by atoms with Crippen molar-refractivity contribution in [1.82, 2.24) is 15.2 Å². The van der Waals surface area contributed by atoms with Crippen LogP contribution in [0.25, 0.3) is 0 Å². The van der Waals surface area contributed by atoms with E-state index in [4.69, 9.17) is 0 Å². The third-order valence-electron chi connectivity index (χ3n) is 5.29. The van der Waals surface area contributed by atoms with Crippen LogP contribution in [0, 0.1) is 0 Å². The molecule has 144 valence electrons. The first-order valence-electron chi connectivity index (χ1n) is 9.59. The van der Waals surface area contributed by atoms with E-state index in [9.17, 15) is 14.4 Å². The number of carbonyl (C=O) groups is 3. The number of nitrogens with one attached hydrogen (secondary N) is 2. The minimum atomic E-state index is -0.385. The highest BCUT2D eigenvalue weighted by atomic mass is 16.2. The Morgan fingerprint density at radius 3 is 2.61 bits per heavy atom. The zero-order chi connectivity index (χ0) is 19.5. The fraction of sp³-hybridized carbons (Fsp3) is 0.333. The largest absolute Gasteiger partial charge is 0.334 e. The number of hydrogen-bond donors (Lipinski definition) is 2. The third-order valence-corrected chi connectivity index (χ3v) is 5.29. The lowest BCUT2D eigenvalue weighted by Crippen LogP contribution is -2.40. The zero-order valence-electron chi connectivity index (χ0n) is 15.5. The number of pyridine rings is 1. The van der Waals surface area contributed by atoms with Crippen molar-refractivity contribution in [3.8, 4) is 0 Å². The van der Waals surface area contributed by atoms with Crippen molar-refractivity contribution in [2.75, 3.05) is 5.32 Å². The van der Waals surface area contributed by atoms with Gasteiger partial charge in [0.15, 0.2) is 0 Å². The van der Waals surface area contributed by atoms with E-state index in [-0.39, 0.29) is 23.9 Å². The highest BCUT2D eigenvalue weighted by Crippen LogP contribution is 2.32. The van der Waals surface area contributed by atoms with Gasteiger partial charge < -0.3 is 10.6 Å². The molecule has 0 atom stereocenters. The maximum absolute atomic E-state index is 12.8. The number of nitrogens with zero attached hydrogens (tertiary/aromatic N) is 2. The number of anilines is 1. The van der Waals surface area contributed by atoms with E-state index in [1.54, 1.807) is 36.7 Å². The Morgan fingerprint density at radius 2 is 1.86 bits per heavy atom. The molecule has 0 bridgehead atoms. The molecule has 1 saturated carbocycles. The highest BCUT2D eigenvalue weighted by molar-refractivity contribution is 6.22. The molecule has 0 saturated heterocycles. The third kappa shape index (κ3) is 3.60. The fourth-order valence-electron chi connectivity index (χ4n) is 3.87. The minimum absolute atomic E-state index is 0.0136. The molecule has 2 heterocycles. The van der Waals surface area contributed by atoms with Crippen LogP contribution in [0.2, 0.25) is 0 Å². The number of amides is 4. The highest BCUT2D eigenvalue weighted by Gasteiger charge is 2.40. The number of hydrogen-bond acceptors (Lipinski definition) is 4. The van der Waals surface area contributed by atoms with Gasteiger partial charge in [-0.2, -0.15) is 0 Å². The molecule has 0 unspecified atom stereocenters. The summed E-state index contributed by atoms with van der Waals surface area (Å²) in [6.07, 6.45) is 8.33. The molecule has 1 aliphatic heterocycles. The van der Waals surface area contributed by atoms with Crippen LogP contribution in [0.4, 0.5) is 10.5 Å². The molecule has 1 aliphatic carbocycles. The number of benzene rings is 1. The molecular weight excluding hydrogens is 356 g/mol. The number of imide groups is 1. The second-order valence-corrected chi connectivity index (χ2v) is 7.20. The van der Waals surface area contributed by atoms with Crippen LogP contribution in [0.1, 0.15) is 58.4 Å². The number of fused-ring (bicyclic) bond motifs is 1. The van der Waals surface area contributed by atoms with E-state index in [1.807, 2.05) is 6.07 Å². The first kappa shape index (κ1) is 18.2. The molecule has 1 aromatic carbocycles. The summed E-state index contributed by atoms with van der Waals surface area (Å²) in [7, 11) is 0. The molecule has 2 aromatic rings. The Morgan fingerprint density at radius 1 is 1.07 bits per heavy atom. The van der Waals surface area contributed by atoms with Crippen LogP contribution in [0.3, 0.4) is 0 Å². The fourth-order valence-corrected chi connectivity index (χ4v) is 3.87. The van der Waals surface area contributed by atoms with E-state index < -0.39 is 0 Å². The lowest BCUT2D eigenvalue weighted by Gasteiger charge is -2.29. The van der Waals surface area contributed by atoms with Crippen molar-refractivity contribution < 1.29 is 14.4 Å². The van der Waals surface area contributed by atoms with Crippen LogP contribution < -0.4 is 10.6 Å². The molecule has 7 nitrogen and oxygen atoms in total. The molecule has 4 amide bonds. The lowest BCUT2D eigenvalue weighted by molar-refractivity contribution is 0.0549. The van der Waals surface area contributed by atoms with E-state index in [2.05, 4.69) is 15.6 Å². The van der Waals surface area contributed by atoms with Gasteiger partial charge in [0.05, 0.1) is 11.1 Å². The molecule has 28 heavy (non-hydrogen) atoms. The molecule has 1 aromatic heterocycles. The van der Waals surface area contributed by atoms with Gasteiger partial charge in [-0.15, -0.1) is 0 Å². The van der Waals surface area contributed by atoms with Crippen LogP contribution in [0.5, 0.6) is 0 Å². The number of aromatic nitrogens is 1. The van der Waals surface area contributed by atoms with Gasteiger partial charge >= 0.3 is 6.03 Å². The monoisotopic (exact) mass is 378 g/mol. The van der Waals surface area contributed by atoms with Crippen molar-refractivity contribution in [1.29, 1.82) is 0 Å². The van der Waals surface area contributed by atoms with Gasteiger partial charge in [0, 0.05) is 30.7 Å². The Bertz CT molecular complexity index is 907. The van der Waals surface area contributed by atoms with E-state index in [0.29, 0.717) is 23.4 Å². The van der Waals surface area contributed by atoms with Gasteiger partial charge in [0.1, 0.15) is 0 Å². The van der Waals surface area contributed by atoms with Gasteiger partial charge in [-0.1, -0.05) is 25.3 Å². The Hall–Kier alpha value is -3.22. The van der Waals surface area contributed by atoms with Gasteiger partial charge in [0.2, 0.25) is 0 Å². The van der Waals surface area contributed by atoms with Gasteiger partial charge in [-0.3, -0.25) is 19.5 Å². The van der Waals surface area contributed by atoms with E-state index >= 15 is 0 Å².